The van der Waals surface area contributed by atoms with Gasteiger partial charge in [-0.15, -0.1) is 0 Å². The zero-order valence-corrected chi connectivity index (χ0v) is 11.3. The smallest absolute Gasteiger partial charge is 0.304 e. The molecule has 9 heteroatoms. The molecule has 0 saturated carbocycles. The average Bonchev–Trinajstić information content (AvgIpc) is 2.25. The van der Waals surface area contributed by atoms with Crippen molar-refractivity contribution in [3.8, 4) is 0 Å². The molecule has 0 aliphatic heterocycles. The molecule has 1 amide bonds. The molecule has 0 atom stereocenters. The lowest BCUT2D eigenvalue weighted by atomic mass is 10.4. The van der Waals surface area contributed by atoms with Crippen LogP contribution in [0.2, 0.25) is 0 Å². The SMILES string of the molecule is CCNC(=O)CCNS(=O)(=O)N(C)CCC(=O)O. The van der Waals surface area contributed by atoms with Crippen LogP contribution in [-0.2, 0) is 19.8 Å². The van der Waals surface area contributed by atoms with E-state index in [2.05, 4.69) is 10.0 Å². The molecule has 0 aliphatic carbocycles. The summed E-state index contributed by atoms with van der Waals surface area (Å²) >= 11 is 0. The van der Waals surface area contributed by atoms with Crippen LogP contribution >= 0.6 is 0 Å². The highest BCUT2D eigenvalue weighted by molar-refractivity contribution is 7.87. The Bertz CT molecular complexity index is 382. The highest BCUT2D eigenvalue weighted by atomic mass is 32.2. The Kier molecular flexibility index (Phi) is 7.48. The molecule has 106 valence electrons. The van der Waals surface area contributed by atoms with E-state index in [1.54, 1.807) is 6.92 Å². The maximum atomic E-state index is 11.6. The minimum Gasteiger partial charge on any atom is -0.481 e. The Morgan fingerprint density at radius 1 is 1.28 bits per heavy atom. The van der Waals surface area contributed by atoms with Crippen LogP contribution < -0.4 is 10.0 Å². The molecule has 0 unspecified atom stereocenters. The molecule has 3 N–H and O–H groups in total. The van der Waals surface area contributed by atoms with E-state index in [9.17, 15) is 18.0 Å². The fraction of sp³-hybridized carbons (Fsp3) is 0.778. The van der Waals surface area contributed by atoms with Crippen molar-refractivity contribution in [2.24, 2.45) is 0 Å². The zero-order valence-electron chi connectivity index (χ0n) is 10.5. The molecule has 0 aromatic rings. The average molecular weight is 281 g/mol. The van der Waals surface area contributed by atoms with Gasteiger partial charge in [-0.1, -0.05) is 0 Å². The quantitative estimate of drug-likeness (QED) is 0.488. The van der Waals surface area contributed by atoms with Crippen LogP contribution in [0.1, 0.15) is 19.8 Å². The first-order chi connectivity index (χ1) is 8.29. The molecule has 18 heavy (non-hydrogen) atoms. The van der Waals surface area contributed by atoms with Gasteiger partial charge in [0.25, 0.3) is 10.2 Å². The normalized spacial score (nSPS) is 11.5. The molecular formula is C9H19N3O5S. The summed E-state index contributed by atoms with van der Waals surface area (Å²) in [6, 6.07) is 0. The molecule has 0 aromatic carbocycles. The maximum absolute atomic E-state index is 11.6. The number of hydrogen-bond acceptors (Lipinski definition) is 4. The topological polar surface area (TPSA) is 116 Å². The summed E-state index contributed by atoms with van der Waals surface area (Å²) in [5.74, 6) is -1.31. The van der Waals surface area contributed by atoms with Gasteiger partial charge in [0.2, 0.25) is 5.91 Å². The minimum absolute atomic E-state index is 0.0222. The van der Waals surface area contributed by atoms with Gasteiger partial charge >= 0.3 is 5.97 Å². The van der Waals surface area contributed by atoms with E-state index in [0.29, 0.717) is 6.54 Å². The van der Waals surface area contributed by atoms with Crippen molar-refractivity contribution in [1.82, 2.24) is 14.3 Å². The van der Waals surface area contributed by atoms with Gasteiger partial charge in [-0.25, -0.2) is 4.72 Å². The van der Waals surface area contributed by atoms with Crippen molar-refractivity contribution in [2.45, 2.75) is 19.8 Å². The van der Waals surface area contributed by atoms with Gasteiger partial charge < -0.3 is 10.4 Å². The number of carboxylic acid groups (broad SMARTS) is 1. The zero-order chi connectivity index (χ0) is 14.2. The van der Waals surface area contributed by atoms with Crippen molar-refractivity contribution < 1.29 is 23.1 Å². The number of aliphatic carboxylic acids is 1. The second-order valence-corrected chi connectivity index (χ2v) is 5.43. The Labute approximate surface area is 107 Å². The molecule has 0 aromatic heterocycles. The standard InChI is InChI=1S/C9H19N3O5S/c1-3-10-8(13)4-6-11-18(16,17)12(2)7-5-9(14)15/h11H,3-7H2,1-2H3,(H,10,13)(H,14,15). The number of amides is 1. The van der Waals surface area contributed by atoms with Gasteiger partial charge in [0.1, 0.15) is 0 Å². The van der Waals surface area contributed by atoms with E-state index in [1.165, 1.54) is 7.05 Å². The summed E-state index contributed by atoms with van der Waals surface area (Å²) in [5, 5.41) is 11.0. The largest absolute Gasteiger partial charge is 0.481 e. The number of nitrogens with one attached hydrogen (secondary N) is 2. The van der Waals surface area contributed by atoms with E-state index < -0.39 is 16.2 Å². The Morgan fingerprint density at radius 3 is 2.39 bits per heavy atom. The number of carbonyl (C=O) groups is 2. The molecule has 0 spiro atoms. The predicted molar refractivity (Wildman–Crippen MR) is 65.1 cm³/mol. The van der Waals surface area contributed by atoms with Crippen LogP contribution in [0.3, 0.4) is 0 Å². The lowest BCUT2D eigenvalue weighted by Gasteiger charge is -2.16. The van der Waals surface area contributed by atoms with Gasteiger partial charge in [0.05, 0.1) is 6.42 Å². The van der Waals surface area contributed by atoms with Crippen molar-refractivity contribution >= 4 is 22.1 Å². The Morgan fingerprint density at radius 2 is 1.89 bits per heavy atom. The van der Waals surface area contributed by atoms with Crippen LogP contribution in [0.4, 0.5) is 0 Å². The summed E-state index contributed by atoms with van der Waals surface area (Å²) in [5.41, 5.74) is 0. The third-order valence-corrected chi connectivity index (χ3v) is 3.63. The second kappa shape index (κ2) is 8.01. The number of nitrogens with zero attached hydrogens (tertiary/aromatic N) is 1. The van der Waals surface area contributed by atoms with Crippen molar-refractivity contribution in [1.29, 1.82) is 0 Å². The first-order valence-electron chi connectivity index (χ1n) is 5.49. The lowest BCUT2D eigenvalue weighted by molar-refractivity contribution is -0.137. The number of hydrogen-bond donors (Lipinski definition) is 3. The van der Waals surface area contributed by atoms with E-state index in [4.69, 9.17) is 5.11 Å². The second-order valence-electron chi connectivity index (χ2n) is 3.57. The summed E-state index contributed by atoms with van der Waals surface area (Å²) in [7, 11) is -2.45. The van der Waals surface area contributed by atoms with E-state index >= 15 is 0 Å². The van der Waals surface area contributed by atoms with Crippen LogP contribution in [-0.4, -0.2) is 56.4 Å². The van der Waals surface area contributed by atoms with Gasteiger partial charge in [-0.2, -0.15) is 12.7 Å². The highest BCUT2D eigenvalue weighted by Gasteiger charge is 2.17. The summed E-state index contributed by atoms with van der Waals surface area (Å²) in [6.45, 7) is 2.11. The van der Waals surface area contributed by atoms with Crippen LogP contribution in [0.15, 0.2) is 0 Å². The molecule has 0 fully saturated rings. The first-order valence-corrected chi connectivity index (χ1v) is 6.93. The molecule has 0 radical (unpaired) electrons. The number of rotatable bonds is 9. The summed E-state index contributed by atoms with van der Waals surface area (Å²) in [6.07, 6.45) is -0.229. The van der Waals surface area contributed by atoms with Crippen molar-refractivity contribution in [3.05, 3.63) is 0 Å². The first kappa shape index (κ1) is 16.8. The molecule has 0 saturated heterocycles. The van der Waals surface area contributed by atoms with Crippen LogP contribution in [0.5, 0.6) is 0 Å². The van der Waals surface area contributed by atoms with Gasteiger partial charge in [0.15, 0.2) is 0 Å². The van der Waals surface area contributed by atoms with Crippen LogP contribution in [0.25, 0.3) is 0 Å². The van der Waals surface area contributed by atoms with E-state index in [-0.39, 0.29) is 31.8 Å². The third kappa shape index (κ3) is 7.20. The molecular weight excluding hydrogens is 262 g/mol. The Balaban J connectivity index is 4.06. The highest BCUT2D eigenvalue weighted by Crippen LogP contribution is 1.96. The molecule has 0 heterocycles. The summed E-state index contributed by atoms with van der Waals surface area (Å²) < 4.78 is 26.3. The Hall–Kier alpha value is -1.19. The molecule has 0 rings (SSSR count). The van der Waals surface area contributed by atoms with Crippen molar-refractivity contribution in [2.75, 3.05) is 26.7 Å². The molecule has 0 bridgehead atoms. The fourth-order valence-corrected chi connectivity index (χ4v) is 1.97. The van der Waals surface area contributed by atoms with Crippen LogP contribution in [0, 0.1) is 0 Å². The monoisotopic (exact) mass is 281 g/mol. The lowest BCUT2D eigenvalue weighted by Crippen LogP contribution is -2.40. The van der Waals surface area contributed by atoms with Crippen molar-refractivity contribution in [3.63, 3.8) is 0 Å². The predicted octanol–water partition coefficient (Wildman–Crippen LogP) is -1.25. The van der Waals surface area contributed by atoms with E-state index in [1.807, 2.05) is 0 Å². The minimum atomic E-state index is -3.73. The van der Waals surface area contributed by atoms with Gasteiger partial charge in [-0.3, -0.25) is 9.59 Å². The summed E-state index contributed by atoms with van der Waals surface area (Å²) in [4.78, 5) is 21.4. The number of carbonyl (C=O) groups excluding carboxylic acids is 1. The molecule has 0 aliphatic rings. The van der Waals surface area contributed by atoms with Gasteiger partial charge in [0, 0.05) is 33.1 Å². The van der Waals surface area contributed by atoms with E-state index in [0.717, 1.165) is 4.31 Å². The number of carboxylic acids is 1. The third-order valence-electron chi connectivity index (χ3n) is 2.06. The molecule has 8 nitrogen and oxygen atoms in total. The fourth-order valence-electron chi connectivity index (χ4n) is 1.06. The van der Waals surface area contributed by atoms with Gasteiger partial charge in [-0.05, 0) is 6.92 Å². The maximum Gasteiger partial charge on any atom is 0.304 e.